The van der Waals surface area contributed by atoms with Crippen LogP contribution in [0.5, 0.6) is 0 Å². The van der Waals surface area contributed by atoms with E-state index in [1.165, 1.54) is 29.5 Å². The summed E-state index contributed by atoms with van der Waals surface area (Å²) in [4.78, 5) is 17.6. The van der Waals surface area contributed by atoms with Crippen molar-refractivity contribution in [1.82, 2.24) is 25.2 Å². The number of Topliss-reactive ketones (excluding diaryl/α,β-unsaturated/α-hetero) is 1. The Morgan fingerprint density at radius 2 is 2.33 bits per heavy atom. The van der Waals surface area contributed by atoms with E-state index in [2.05, 4.69) is 20.4 Å². The number of hydrogen-bond acceptors (Lipinski definition) is 7. The predicted octanol–water partition coefficient (Wildman–Crippen LogP) is 2.12. The van der Waals surface area contributed by atoms with Crippen molar-refractivity contribution in [2.75, 3.05) is 0 Å². The van der Waals surface area contributed by atoms with Crippen LogP contribution in [0.15, 0.2) is 29.6 Å². The highest BCUT2D eigenvalue weighted by atomic mass is 32.1. The first-order valence-corrected chi connectivity index (χ1v) is 7.83. The summed E-state index contributed by atoms with van der Waals surface area (Å²) in [6.45, 7) is 1.59. The Morgan fingerprint density at radius 3 is 3.00 bits per heavy atom. The second kappa shape index (κ2) is 6.64. The molecule has 0 amide bonds. The highest BCUT2D eigenvalue weighted by molar-refractivity contribution is 7.09. The lowest BCUT2D eigenvalue weighted by Crippen LogP contribution is -2.19. The molecule has 0 aliphatic carbocycles. The van der Waals surface area contributed by atoms with Gasteiger partial charge in [-0.15, -0.1) is 21.5 Å². The van der Waals surface area contributed by atoms with Crippen LogP contribution in [0, 0.1) is 24.1 Å². The van der Waals surface area contributed by atoms with Gasteiger partial charge in [0, 0.05) is 16.6 Å². The maximum atomic E-state index is 13.2. The van der Waals surface area contributed by atoms with Gasteiger partial charge in [0.2, 0.25) is 5.82 Å². The number of rotatable bonds is 5. The average molecular weight is 342 g/mol. The van der Waals surface area contributed by atoms with E-state index in [0.29, 0.717) is 10.6 Å². The molecule has 2 heterocycles. The fourth-order valence-electron chi connectivity index (χ4n) is 2.05. The third-order valence-electron chi connectivity index (χ3n) is 3.17. The molecule has 7 nitrogen and oxygen atoms in total. The molecule has 2 aromatic heterocycles. The average Bonchev–Trinajstić information content (AvgIpc) is 3.18. The topological polar surface area (TPSA) is 97.3 Å². The minimum absolute atomic E-state index is 0.209. The van der Waals surface area contributed by atoms with Gasteiger partial charge in [0.15, 0.2) is 11.7 Å². The van der Waals surface area contributed by atoms with Crippen LogP contribution in [0.2, 0.25) is 0 Å². The molecule has 0 saturated heterocycles. The summed E-state index contributed by atoms with van der Waals surface area (Å²) in [6, 6.07) is 7.72. The number of thiazole rings is 1. The van der Waals surface area contributed by atoms with Gasteiger partial charge in [-0.1, -0.05) is 12.1 Å². The van der Waals surface area contributed by atoms with Gasteiger partial charge in [-0.2, -0.15) is 10.1 Å². The van der Waals surface area contributed by atoms with E-state index in [-0.39, 0.29) is 18.2 Å². The molecule has 0 saturated carbocycles. The Bertz CT molecular complexity index is 928. The number of carbonyl (C=O) groups is 1. The Kier molecular flexibility index (Phi) is 4.39. The maximum Gasteiger partial charge on any atom is 0.205 e. The van der Waals surface area contributed by atoms with Crippen molar-refractivity contribution in [3.63, 3.8) is 0 Å². The molecule has 0 radical (unpaired) electrons. The molecule has 0 spiro atoms. The highest BCUT2D eigenvalue weighted by Crippen LogP contribution is 2.21. The number of halogens is 1. The Labute approximate surface area is 140 Å². The van der Waals surface area contributed by atoms with E-state index in [0.717, 1.165) is 10.5 Å². The number of aryl methyl sites for hydroxylation is 1. The summed E-state index contributed by atoms with van der Waals surface area (Å²) < 4.78 is 13.2. The molecular formula is C15H11FN6OS. The SMILES string of the molecule is Cc1csc(C(C#N)C(=O)Cn2nnc(-c3cccc(F)c3)n2)n1. The number of nitriles is 1. The molecule has 3 aromatic rings. The van der Waals surface area contributed by atoms with Gasteiger partial charge in [-0.25, -0.2) is 9.37 Å². The molecule has 3 rings (SSSR count). The molecule has 1 atom stereocenters. The predicted molar refractivity (Wildman–Crippen MR) is 83.4 cm³/mol. The van der Waals surface area contributed by atoms with E-state index in [9.17, 15) is 14.4 Å². The Hall–Kier alpha value is -2.99. The van der Waals surface area contributed by atoms with Gasteiger partial charge < -0.3 is 0 Å². The first-order valence-electron chi connectivity index (χ1n) is 6.95. The van der Waals surface area contributed by atoms with Crippen molar-refractivity contribution in [3.05, 3.63) is 46.2 Å². The number of ketones is 1. The van der Waals surface area contributed by atoms with Gasteiger partial charge in [-0.05, 0) is 24.3 Å². The van der Waals surface area contributed by atoms with Crippen LogP contribution >= 0.6 is 11.3 Å². The van der Waals surface area contributed by atoms with Crippen LogP contribution in [0.25, 0.3) is 11.4 Å². The molecule has 1 aromatic carbocycles. The van der Waals surface area contributed by atoms with Crippen LogP contribution in [-0.4, -0.2) is 31.0 Å². The number of hydrogen-bond donors (Lipinski definition) is 0. The summed E-state index contributed by atoms with van der Waals surface area (Å²) in [5.41, 5.74) is 1.22. The molecule has 1 unspecified atom stereocenters. The van der Waals surface area contributed by atoms with Crippen LogP contribution in [0.1, 0.15) is 16.6 Å². The van der Waals surface area contributed by atoms with Crippen LogP contribution in [0.4, 0.5) is 4.39 Å². The lowest BCUT2D eigenvalue weighted by molar-refractivity contribution is -0.120. The summed E-state index contributed by atoms with van der Waals surface area (Å²) in [7, 11) is 0. The molecule has 0 aliphatic rings. The van der Waals surface area contributed by atoms with E-state index in [1.807, 2.05) is 6.07 Å². The fraction of sp³-hybridized carbons (Fsp3) is 0.200. The van der Waals surface area contributed by atoms with Gasteiger partial charge in [0.25, 0.3) is 0 Å². The van der Waals surface area contributed by atoms with Gasteiger partial charge in [0.05, 0.1) is 6.07 Å². The van der Waals surface area contributed by atoms with Crippen LogP contribution in [-0.2, 0) is 11.3 Å². The number of tetrazole rings is 1. The third kappa shape index (κ3) is 3.33. The summed E-state index contributed by atoms with van der Waals surface area (Å²) in [5, 5.41) is 23.1. The normalized spacial score (nSPS) is 11.9. The van der Waals surface area contributed by atoms with Crippen LogP contribution in [0.3, 0.4) is 0 Å². The fourth-order valence-corrected chi connectivity index (χ4v) is 2.91. The van der Waals surface area contributed by atoms with E-state index < -0.39 is 11.7 Å². The smallest absolute Gasteiger partial charge is 0.205 e. The van der Waals surface area contributed by atoms with Crippen molar-refractivity contribution in [2.24, 2.45) is 0 Å². The van der Waals surface area contributed by atoms with Crippen LogP contribution < -0.4 is 0 Å². The summed E-state index contributed by atoms with van der Waals surface area (Å²) in [6.07, 6.45) is 0. The first kappa shape index (κ1) is 15.9. The van der Waals surface area contributed by atoms with Crippen molar-refractivity contribution >= 4 is 17.1 Å². The van der Waals surface area contributed by atoms with Gasteiger partial charge >= 0.3 is 0 Å². The van der Waals surface area contributed by atoms with Gasteiger partial charge in [-0.3, -0.25) is 4.79 Å². The molecule has 0 bridgehead atoms. The standard InChI is InChI=1S/C15H11FN6OS/c1-9-8-24-15(18-9)12(6-17)13(23)7-22-20-14(19-21-22)10-3-2-4-11(16)5-10/h2-5,8,12H,7H2,1H3. The number of benzene rings is 1. The molecule has 0 fully saturated rings. The Morgan fingerprint density at radius 1 is 1.50 bits per heavy atom. The molecule has 0 aliphatic heterocycles. The number of nitrogens with zero attached hydrogens (tertiary/aromatic N) is 6. The minimum atomic E-state index is -0.965. The van der Waals surface area contributed by atoms with E-state index in [1.54, 1.807) is 18.4 Å². The largest absolute Gasteiger partial charge is 0.296 e. The highest BCUT2D eigenvalue weighted by Gasteiger charge is 2.24. The monoisotopic (exact) mass is 342 g/mol. The zero-order valence-corrected chi connectivity index (χ0v) is 13.4. The zero-order chi connectivity index (χ0) is 17.1. The Balaban J connectivity index is 1.77. The second-order valence-electron chi connectivity index (χ2n) is 5.01. The summed E-state index contributed by atoms with van der Waals surface area (Å²) >= 11 is 1.26. The number of carbonyl (C=O) groups excluding carboxylic acids is 1. The molecule has 0 N–H and O–H groups in total. The summed E-state index contributed by atoms with van der Waals surface area (Å²) in [5.74, 6) is -1.55. The first-order chi connectivity index (χ1) is 11.6. The van der Waals surface area contributed by atoms with Crippen molar-refractivity contribution < 1.29 is 9.18 Å². The number of aromatic nitrogens is 5. The van der Waals surface area contributed by atoms with Crippen molar-refractivity contribution in [3.8, 4) is 17.5 Å². The lowest BCUT2D eigenvalue weighted by Gasteiger charge is -2.03. The van der Waals surface area contributed by atoms with E-state index >= 15 is 0 Å². The van der Waals surface area contributed by atoms with Gasteiger partial charge in [0.1, 0.15) is 17.4 Å². The third-order valence-corrected chi connectivity index (χ3v) is 4.20. The van der Waals surface area contributed by atoms with E-state index in [4.69, 9.17) is 0 Å². The second-order valence-corrected chi connectivity index (χ2v) is 5.90. The molecular weight excluding hydrogens is 331 g/mol. The zero-order valence-electron chi connectivity index (χ0n) is 12.5. The lowest BCUT2D eigenvalue weighted by atomic mass is 10.1. The molecule has 9 heteroatoms. The molecule has 24 heavy (non-hydrogen) atoms. The maximum absolute atomic E-state index is 13.2. The molecule has 120 valence electrons. The van der Waals surface area contributed by atoms with Crippen molar-refractivity contribution in [2.45, 2.75) is 19.4 Å². The van der Waals surface area contributed by atoms with Crippen molar-refractivity contribution in [1.29, 1.82) is 5.26 Å². The quantitative estimate of drug-likeness (QED) is 0.704. The minimum Gasteiger partial charge on any atom is -0.296 e.